The van der Waals surface area contributed by atoms with Gasteiger partial charge in [-0.05, 0) is 80.2 Å². The van der Waals surface area contributed by atoms with Crippen molar-refractivity contribution in [3.63, 3.8) is 0 Å². The van der Waals surface area contributed by atoms with Crippen molar-refractivity contribution >= 4 is 54.3 Å². The zero-order valence-electron chi connectivity index (χ0n) is 32.0. The van der Waals surface area contributed by atoms with Crippen molar-refractivity contribution in [2.45, 2.75) is 19.3 Å². The standard InChI is InChI=1S/C53H35N5/c1-53(2)43-24-9-7-20-37(43)42-31-48(54-45-26-13-25-44(53)49(42)45)58-46-27-10-8-21-38(46)41-30-34(28-29-47(41)58)50-55-51(39-22-11-16-32-14-3-5-18-35(32)39)57-52(56-50)40-23-12-17-33-15-4-6-19-36(33)40/h3-31H,1-2H3. The van der Waals surface area contributed by atoms with Gasteiger partial charge in [0.25, 0.3) is 0 Å². The Bertz CT molecular complexity index is 3400. The predicted octanol–water partition coefficient (Wildman–Crippen LogP) is 13.1. The monoisotopic (exact) mass is 741 g/mol. The largest absolute Gasteiger partial charge is 0.294 e. The number of hydrogen-bond acceptors (Lipinski definition) is 4. The Labute approximate surface area is 335 Å². The molecule has 0 bridgehead atoms. The summed E-state index contributed by atoms with van der Waals surface area (Å²) in [5, 5.41) is 7.97. The summed E-state index contributed by atoms with van der Waals surface area (Å²) in [6.45, 7) is 4.65. The van der Waals surface area contributed by atoms with Gasteiger partial charge in [-0.3, -0.25) is 4.57 Å². The summed E-state index contributed by atoms with van der Waals surface area (Å²) < 4.78 is 2.32. The van der Waals surface area contributed by atoms with Gasteiger partial charge in [-0.25, -0.2) is 19.9 Å². The van der Waals surface area contributed by atoms with E-state index >= 15 is 0 Å². The van der Waals surface area contributed by atoms with Crippen LogP contribution in [0.25, 0.3) is 105 Å². The first kappa shape index (κ1) is 32.7. The fourth-order valence-corrected chi connectivity index (χ4v) is 9.47. The third-order valence-electron chi connectivity index (χ3n) is 12.2. The Hall–Kier alpha value is -7.50. The van der Waals surface area contributed by atoms with Crippen molar-refractivity contribution in [3.05, 3.63) is 187 Å². The molecule has 3 aromatic heterocycles. The lowest BCUT2D eigenvalue weighted by Gasteiger charge is -2.35. The third-order valence-corrected chi connectivity index (χ3v) is 12.2. The van der Waals surface area contributed by atoms with Crippen LogP contribution in [0.4, 0.5) is 0 Å². The summed E-state index contributed by atoms with van der Waals surface area (Å²) in [5.41, 5.74) is 11.0. The highest BCUT2D eigenvalue weighted by Crippen LogP contribution is 2.49. The molecular formula is C53H35N5. The maximum Gasteiger partial charge on any atom is 0.164 e. The smallest absolute Gasteiger partial charge is 0.164 e. The molecular weight excluding hydrogens is 707 g/mol. The fourth-order valence-electron chi connectivity index (χ4n) is 9.47. The average molecular weight is 742 g/mol. The second-order valence-electron chi connectivity index (χ2n) is 15.8. The second-order valence-corrected chi connectivity index (χ2v) is 15.8. The minimum atomic E-state index is -0.133. The molecule has 0 saturated heterocycles. The van der Waals surface area contributed by atoms with E-state index in [1.165, 1.54) is 27.6 Å². The van der Waals surface area contributed by atoms with Crippen molar-refractivity contribution in [2.75, 3.05) is 0 Å². The van der Waals surface area contributed by atoms with Gasteiger partial charge < -0.3 is 0 Å². The lowest BCUT2D eigenvalue weighted by Crippen LogP contribution is -2.23. The van der Waals surface area contributed by atoms with Crippen LogP contribution >= 0.6 is 0 Å². The number of rotatable bonds is 4. The Morgan fingerprint density at radius 2 is 0.948 bits per heavy atom. The van der Waals surface area contributed by atoms with Crippen molar-refractivity contribution in [2.24, 2.45) is 0 Å². The first-order valence-corrected chi connectivity index (χ1v) is 19.8. The minimum absolute atomic E-state index is 0.133. The lowest BCUT2D eigenvalue weighted by molar-refractivity contribution is 0.645. The molecule has 0 unspecified atom stereocenters. The number of hydrogen-bond donors (Lipinski definition) is 0. The number of fused-ring (bicyclic) bond motifs is 7. The molecule has 0 atom stereocenters. The van der Waals surface area contributed by atoms with Gasteiger partial charge in [-0.2, -0.15) is 0 Å². The first-order chi connectivity index (χ1) is 28.5. The maximum absolute atomic E-state index is 5.41. The van der Waals surface area contributed by atoms with E-state index in [0.29, 0.717) is 17.5 Å². The number of nitrogens with zero attached hydrogens (tertiary/aromatic N) is 5. The van der Waals surface area contributed by atoms with Crippen LogP contribution < -0.4 is 0 Å². The number of pyridine rings is 1. The van der Waals surface area contributed by atoms with E-state index in [1.54, 1.807) is 0 Å². The van der Waals surface area contributed by atoms with Crippen LogP contribution in [0.3, 0.4) is 0 Å². The molecule has 58 heavy (non-hydrogen) atoms. The van der Waals surface area contributed by atoms with E-state index in [1.807, 2.05) is 0 Å². The van der Waals surface area contributed by atoms with Gasteiger partial charge in [0.05, 0.1) is 16.6 Å². The number of aromatic nitrogens is 5. The van der Waals surface area contributed by atoms with Gasteiger partial charge >= 0.3 is 0 Å². The SMILES string of the molecule is CC1(C)c2ccccc2-c2cc(-n3c4ccccc4c4cc(-c5nc(-c6cccc7ccccc67)nc(-c6cccc7ccccc67)n5)ccc43)nc3cccc1c23. The average Bonchev–Trinajstić information content (AvgIpc) is 3.61. The minimum Gasteiger partial charge on any atom is -0.294 e. The van der Waals surface area contributed by atoms with Gasteiger partial charge in [0.2, 0.25) is 0 Å². The fraction of sp³-hybridized carbons (Fsp3) is 0.0566. The molecule has 3 heterocycles. The molecule has 0 fully saturated rings. The maximum atomic E-state index is 5.41. The van der Waals surface area contributed by atoms with Crippen LogP contribution in [0, 0.1) is 0 Å². The number of para-hydroxylation sites is 1. The molecule has 5 heteroatoms. The molecule has 272 valence electrons. The topological polar surface area (TPSA) is 56.5 Å². The molecule has 11 aromatic rings. The first-order valence-electron chi connectivity index (χ1n) is 19.8. The Morgan fingerprint density at radius 3 is 1.69 bits per heavy atom. The summed E-state index contributed by atoms with van der Waals surface area (Å²) in [6, 6.07) is 62.4. The quantitative estimate of drug-likeness (QED) is 0.180. The van der Waals surface area contributed by atoms with Crippen LogP contribution in [0.15, 0.2) is 176 Å². The summed E-state index contributed by atoms with van der Waals surface area (Å²) >= 11 is 0. The Balaban J connectivity index is 1.09. The highest BCUT2D eigenvalue weighted by atomic mass is 15.1. The molecule has 1 aliphatic rings. The molecule has 0 saturated carbocycles. The predicted molar refractivity (Wildman–Crippen MR) is 238 cm³/mol. The summed E-state index contributed by atoms with van der Waals surface area (Å²) in [5.74, 6) is 2.80. The van der Waals surface area contributed by atoms with Gasteiger partial charge in [-0.15, -0.1) is 0 Å². The molecule has 0 N–H and O–H groups in total. The van der Waals surface area contributed by atoms with E-state index in [2.05, 4.69) is 194 Å². The second kappa shape index (κ2) is 12.2. The molecule has 8 aromatic carbocycles. The third kappa shape index (κ3) is 4.77. The van der Waals surface area contributed by atoms with E-state index < -0.39 is 0 Å². The van der Waals surface area contributed by atoms with Crippen LogP contribution in [0.1, 0.15) is 25.0 Å². The van der Waals surface area contributed by atoms with Gasteiger partial charge in [-0.1, -0.05) is 153 Å². The molecule has 1 aliphatic carbocycles. The molecule has 5 nitrogen and oxygen atoms in total. The molecule has 0 radical (unpaired) electrons. The van der Waals surface area contributed by atoms with E-state index in [4.69, 9.17) is 19.9 Å². The zero-order valence-corrected chi connectivity index (χ0v) is 32.0. The summed E-state index contributed by atoms with van der Waals surface area (Å²) in [7, 11) is 0. The van der Waals surface area contributed by atoms with Crippen molar-refractivity contribution in [1.29, 1.82) is 0 Å². The Morgan fingerprint density at radius 1 is 0.397 bits per heavy atom. The van der Waals surface area contributed by atoms with Gasteiger partial charge in [0, 0.05) is 38.3 Å². The Kier molecular flexibility index (Phi) is 6.91. The van der Waals surface area contributed by atoms with Crippen LogP contribution in [0.5, 0.6) is 0 Å². The van der Waals surface area contributed by atoms with Crippen molar-refractivity contribution in [1.82, 2.24) is 24.5 Å². The number of benzene rings is 8. The van der Waals surface area contributed by atoms with Crippen molar-refractivity contribution < 1.29 is 0 Å². The van der Waals surface area contributed by atoms with Gasteiger partial charge in [0.15, 0.2) is 17.5 Å². The van der Waals surface area contributed by atoms with Crippen LogP contribution in [-0.4, -0.2) is 24.5 Å². The van der Waals surface area contributed by atoms with E-state index in [-0.39, 0.29) is 5.41 Å². The van der Waals surface area contributed by atoms with Crippen LogP contribution in [-0.2, 0) is 5.41 Å². The van der Waals surface area contributed by atoms with Crippen molar-refractivity contribution in [3.8, 4) is 51.1 Å². The normalized spacial score (nSPS) is 13.1. The summed E-state index contributed by atoms with van der Waals surface area (Å²) in [4.78, 5) is 21.1. The zero-order chi connectivity index (χ0) is 38.5. The van der Waals surface area contributed by atoms with E-state index in [9.17, 15) is 0 Å². The highest BCUT2D eigenvalue weighted by molar-refractivity contribution is 6.11. The van der Waals surface area contributed by atoms with E-state index in [0.717, 1.165) is 71.4 Å². The molecule has 0 aliphatic heterocycles. The lowest BCUT2D eigenvalue weighted by atomic mass is 9.69. The van der Waals surface area contributed by atoms with Crippen LogP contribution in [0.2, 0.25) is 0 Å². The molecule has 0 spiro atoms. The molecule has 0 amide bonds. The highest BCUT2D eigenvalue weighted by Gasteiger charge is 2.34. The summed E-state index contributed by atoms with van der Waals surface area (Å²) in [6.07, 6.45) is 0. The van der Waals surface area contributed by atoms with Gasteiger partial charge in [0.1, 0.15) is 5.82 Å². The molecule has 12 rings (SSSR count).